The van der Waals surface area contributed by atoms with Crippen LogP contribution in [0.15, 0.2) is 18.2 Å². The zero-order valence-electron chi connectivity index (χ0n) is 14.7. The van der Waals surface area contributed by atoms with Crippen molar-refractivity contribution in [2.75, 3.05) is 31.1 Å². The number of aromatic nitrogens is 1. The van der Waals surface area contributed by atoms with Crippen LogP contribution in [-0.4, -0.2) is 48.1 Å². The number of thiazole rings is 1. The van der Waals surface area contributed by atoms with E-state index in [2.05, 4.69) is 49.2 Å². The van der Waals surface area contributed by atoms with Crippen LogP contribution in [0.25, 0.3) is 10.2 Å². The Balaban J connectivity index is 1.62. The van der Waals surface area contributed by atoms with Crippen LogP contribution in [0.5, 0.6) is 0 Å². The van der Waals surface area contributed by atoms with Gasteiger partial charge in [0.2, 0.25) is 0 Å². The Morgan fingerprint density at radius 1 is 1.25 bits per heavy atom. The van der Waals surface area contributed by atoms with Crippen molar-refractivity contribution in [1.82, 2.24) is 15.2 Å². The molecule has 24 heavy (non-hydrogen) atoms. The summed E-state index contributed by atoms with van der Waals surface area (Å²) in [6.45, 7) is 9.52. The fourth-order valence-corrected chi connectivity index (χ4v) is 4.16. The lowest BCUT2D eigenvalue weighted by Gasteiger charge is -2.35. The lowest BCUT2D eigenvalue weighted by atomic mass is 10.2. The molecular weight excluding hydrogens is 320 g/mol. The van der Waals surface area contributed by atoms with Crippen molar-refractivity contribution >= 4 is 32.7 Å². The minimum Gasteiger partial charge on any atom is -0.345 e. The van der Waals surface area contributed by atoms with Crippen LogP contribution >= 0.6 is 11.3 Å². The van der Waals surface area contributed by atoms with E-state index >= 15 is 0 Å². The Kier molecular flexibility index (Phi) is 5.23. The van der Waals surface area contributed by atoms with Crippen LogP contribution in [0.1, 0.15) is 32.3 Å². The number of piperazine rings is 1. The Hall–Kier alpha value is -1.82. The molecule has 1 aromatic heterocycles. The summed E-state index contributed by atoms with van der Waals surface area (Å²) in [7, 11) is 0. The van der Waals surface area contributed by atoms with Crippen LogP contribution in [0.2, 0.25) is 0 Å². The molecule has 0 aliphatic carbocycles. The molecule has 6 heteroatoms. The first-order chi connectivity index (χ1) is 11.6. The van der Waals surface area contributed by atoms with Gasteiger partial charge in [0.1, 0.15) is 0 Å². The summed E-state index contributed by atoms with van der Waals surface area (Å²) in [5.41, 5.74) is 2.32. The molecule has 0 radical (unpaired) electrons. The number of fused-ring (bicyclic) bond motifs is 1. The Morgan fingerprint density at radius 2 is 1.96 bits per heavy atom. The molecule has 5 nitrogen and oxygen atoms in total. The van der Waals surface area contributed by atoms with Crippen molar-refractivity contribution in [2.24, 2.45) is 0 Å². The predicted octanol–water partition coefficient (Wildman–Crippen LogP) is 3.62. The van der Waals surface area contributed by atoms with Crippen molar-refractivity contribution in [3.05, 3.63) is 23.8 Å². The fourth-order valence-electron chi connectivity index (χ4n) is 3.07. The van der Waals surface area contributed by atoms with Crippen LogP contribution in [-0.2, 0) is 0 Å². The number of rotatable bonds is 4. The molecule has 2 amide bonds. The highest BCUT2D eigenvalue weighted by Crippen LogP contribution is 2.30. The van der Waals surface area contributed by atoms with Gasteiger partial charge in [-0.15, -0.1) is 0 Å². The van der Waals surface area contributed by atoms with Crippen molar-refractivity contribution in [3.63, 3.8) is 0 Å². The van der Waals surface area contributed by atoms with E-state index in [9.17, 15) is 4.79 Å². The molecule has 1 N–H and O–H groups in total. The first kappa shape index (κ1) is 17.0. The lowest BCUT2D eigenvalue weighted by Crippen LogP contribution is -2.53. The molecule has 2 aromatic rings. The Morgan fingerprint density at radius 3 is 2.58 bits per heavy atom. The highest BCUT2D eigenvalue weighted by atomic mass is 32.1. The van der Waals surface area contributed by atoms with Crippen LogP contribution < -0.4 is 10.2 Å². The van der Waals surface area contributed by atoms with Crippen molar-refractivity contribution in [3.8, 4) is 0 Å². The van der Waals surface area contributed by atoms with E-state index in [-0.39, 0.29) is 12.1 Å². The maximum Gasteiger partial charge on any atom is 0.317 e. The number of anilines is 1. The number of amides is 2. The topological polar surface area (TPSA) is 48.5 Å². The second-order valence-corrected chi connectivity index (χ2v) is 7.36. The quantitative estimate of drug-likeness (QED) is 0.920. The van der Waals surface area contributed by atoms with Crippen LogP contribution in [0.4, 0.5) is 9.93 Å². The minimum atomic E-state index is 0.0727. The molecule has 0 saturated carbocycles. The van der Waals surface area contributed by atoms with Crippen LogP contribution in [0, 0.1) is 6.92 Å². The van der Waals surface area contributed by atoms with Gasteiger partial charge in [-0.3, -0.25) is 0 Å². The van der Waals surface area contributed by atoms with E-state index in [1.165, 1.54) is 10.3 Å². The number of carbonyl (C=O) groups is 1. The molecule has 0 bridgehead atoms. The van der Waals surface area contributed by atoms with Gasteiger partial charge in [0.05, 0.1) is 10.2 Å². The van der Waals surface area contributed by atoms with Gasteiger partial charge in [0.25, 0.3) is 0 Å². The Labute approximate surface area is 147 Å². The SMILES string of the molecule is CCC(CC)NC(=O)N1CCN(c2nc3c(C)cccc3s2)CC1. The summed E-state index contributed by atoms with van der Waals surface area (Å²) in [5.74, 6) is 0. The molecule has 2 heterocycles. The summed E-state index contributed by atoms with van der Waals surface area (Å²) in [5, 5.41) is 4.19. The monoisotopic (exact) mass is 346 g/mol. The van der Waals surface area contributed by atoms with Gasteiger partial charge >= 0.3 is 6.03 Å². The first-order valence-electron chi connectivity index (χ1n) is 8.79. The number of para-hydroxylation sites is 1. The van der Waals surface area contributed by atoms with Crippen molar-refractivity contribution in [1.29, 1.82) is 0 Å². The number of hydrogen-bond donors (Lipinski definition) is 1. The number of hydrogen-bond acceptors (Lipinski definition) is 4. The van der Waals surface area contributed by atoms with E-state index in [4.69, 9.17) is 4.98 Å². The molecule has 1 saturated heterocycles. The molecule has 130 valence electrons. The molecular formula is C18H26N4OS. The van der Waals surface area contributed by atoms with E-state index in [1.807, 2.05) is 4.90 Å². The zero-order chi connectivity index (χ0) is 17.1. The third-order valence-electron chi connectivity index (χ3n) is 4.76. The smallest absolute Gasteiger partial charge is 0.317 e. The van der Waals surface area contributed by atoms with E-state index in [0.29, 0.717) is 0 Å². The molecule has 0 unspecified atom stereocenters. The van der Waals surface area contributed by atoms with E-state index in [1.54, 1.807) is 11.3 Å². The molecule has 1 aliphatic rings. The van der Waals surface area contributed by atoms with E-state index < -0.39 is 0 Å². The van der Waals surface area contributed by atoms with Crippen molar-refractivity contribution in [2.45, 2.75) is 39.7 Å². The first-order valence-corrected chi connectivity index (χ1v) is 9.60. The second-order valence-electron chi connectivity index (χ2n) is 6.36. The normalized spacial score (nSPS) is 15.3. The van der Waals surface area contributed by atoms with Crippen LogP contribution in [0.3, 0.4) is 0 Å². The lowest BCUT2D eigenvalue weighted by molar-refractivity contribution is 0.189. The minimum absolute atomic E-state index is 0.0727. The van der Waals surface area contributed by atoms with E-state index in [0.717, 1.165) is 49.7 Å². The highest BCUT2D eigenvalue weighted by Gasteiger charge is 2.24. The molecule has 0 spiro atoms. The van der Waals surface area contributed by atoms with Gasteiger partial charge in [0.15, 0.2) is 5.13 Å². The van der Waals surface area contributed by atoms with Gasteiger partial charge in [-0.1, -0.05) is 37.3 Å². The van der Waals surface area contributed by atoms with Crippen molar-refractivity contribution < 1.29 is 4.79 Å². The highest BCUT2D eigenvalue weighted by molar-refractivity contribution is 7.22. The fraction of sp³-hybridized carbons (Fsp3) is 0.556. The number of aryl methyl sites for hydroxylation is 1. The molecule has 0 atom stereocenters. The third-order valence-corrected chi connectivity index (χ3v) is 5.84. The average molecular weight is 347 g/mol. The maximum absolute atomic E-state index is 12.3. The summed E-state index contributed by atoms with van der Waals surface area (Å²) in [4.78, 5) is 21.4. The summed E-state index contributed by atoms with van der Waals surface area (Å²) in [6.07, 6.45) is 1.96. The predicted molar refractivity (Wildman–Crippen MR) is 101 cm³/mol. The largest absolute Gasteiger partial charge is 0.345 e. The summed E-state index contributed by atoms with van der Waals surface area (Å²) >= 11 is 1.74. The standard InChI is InChI=1S/C18H26N4OS/c1-4-14(5-2)19-17(23)21-9-11-22(12-10-21)18-20-16-13(3)7-6-8-15(16)24-18/h6-8,14H,4-5,9-12H2,1-3H3,(H,19,23). The number of urea groups is 1. The Bertz CT molecular complexity index is 702. The number of benzene rings is 1. The van der Waals surface area contributed by atoms with Gasteiger partial charge in [-0.05, 0) is 31.4 Å². The average Bonchev–Trinajstić information content (AvgIpc) is 3.05. The number of nitrogens with one attached hydrogen (secondary N) is 1. The number of carbonyl (C=O) groups excluding carboxylic acids is 1. The number of nitrogens with zero attached hydrogens (tertiary/aromatic N) is 3. The molecule has 1 aliphatic heterocycles. The summed E-state index contributed by atoms with van der Waals surface area (Å²) < 4.78 is 1.24. The van der Waals surface area contributed by atoms with Gasteiger partial charge in [0, 0.05) is 32.2 Å². The third kappa shape index (κ3) is 3.48. The zero-order valence-corrected chi connectivity index (χ0v) is 15.5. The van der Waals surface area contributed by atoms with Gasteiger partial charge < -0.3 is 15.1 Å². The summed E-state index contributed by atoms with van der Waals surface area (Å²) in [6, 6.07) is 6.67. The van der Waals surface area contributed by atoms with Gasteiger partial charge in [-0.2, -0.15) is 0 Å². The second kappa shape index (κ2) is 7.38. The maximum atomic E-state index is 12.3. The molecule has 1 aromatic carbocycles. The molecule has 1 fully saturated rings. The molecule has 3 rings (SSSR count). The van der Waals surface area contributed by atoms with Gasteiger partial charge in [-0.25, -0.2) is 9.78 Å².